The van der Waals surface area contributed by atoms with Gasteiger partial charge in [-0.1, -0.05) is 17.7 Å². The third-order valence-electron chi connectivity index (χ3n) is 1.70. The lowest BCUT2D eigenvalue weighted by atomic mass is 10.1. The van der Waals surface area contributed by atoms with Crippen molar-refractivity contribution < 1.29 is 0 Å². The molecule has 0 N–H and O–H groups in total. The molecule has 4 heteroatoms. The lowest BCUT2D eigenvalue weighted by Crippen LogP contribution is -2.25. The zero-order chi connectivity index (χ0) is 7.84. The van der Waals surface area contributed by atoms with E-state index in [1.165, 1.54) is 0 Å². The molecule has 0 aromatic rings. The Labute approximate surface area is 84.1 Å². The average molecular weight is 280 g/mol. The van der Waals surface area contributed by atoms with E-state index in [-0.39, 0.29) is 0 Å². The number of hydrogen-bond acceptors (Lipinski definition) is 2. The van der Waals surface area contributed by atoms with Crippen molar-refractivity contribution in [3.05, 3.63) is 22.9 Å². The quantitative estimate of drug-likeness (QED) is 0.492. The Morgan fingerprint density at radius 3 is 3.18 bits per heavy atom. The van der Waals surface area contributed by atoms with Gasteiger partial charge in [-0.2, -0.15) is 0 Å². The fraction of sp³-hybridized carbons (Fsp3) is 0.286. The molecule has 0 aliphatic carbocycles. The first-order valence-corrected chi connectivity index (χ1v) is 4.71. The van der Waals surface area contributed by atoms with Crippen molar-refractivity contribution in [3.8, 4) is 0 Å². The summed E-state index contributed by atoms with van der Waals surface area (Å²) in [6.07, 6.45) is 4.90. The van der Waals surface area contributed by atoms with Crippen LogP contribution in [0.25, 0.3) is 0 Å². The van der Waals surface area contributed by atoms with Gasteiger partial charge in [-0.15, -0.1) is 0 Å². The minimum atomic E-state index is 0.765. The lowest BCUT2D eigenvalue weighted by molar-refractivity contribution is 0.703. The molecule has 2 heterocycles. The van der Waals surface area contributed by atoms with Crippen LogP contribution in [-0.2, 0) is 0 Å². The van der Waals surface area contributed by atoms with Gasteiger partial charge in [-0.3, -0.25) is 3.11 Å². The van der Waals surface area contributed by atoms with E-state index in [9.17, 15) is 0 Å². The van der Waals surface area contributed by atoms with E-state index in [2.05, 4.69) is 37.0 Å². The predicted molar refractivity (Wildman–Crippen MR) is 54.8 cm³/mol. The third-order valence-corrected chi connectivity index (χ3v) is 2.94. The minimum absolute atomic E-state index is 0.765. The Morgan fingerprint density at radius 2 is 2.45 bits per heavy atom. The second kappa shape index (κ2) is 2.79. The Kier molecular flexibility index (Phi) is 1.93. The number of rotatable bonds is 0. The van der Waals surface area contributed by atoms with E-state index in [1.54, 1.807) is 6.20 Å². The average Bonchev–Trinajstić information content (AvgIpc) is 2.35. The SMILES string of the molecule is ClC1=CN=C2C1=CCCN2I. The molecular formula is C7H6ClIN2. The first-order valence-electron chi connectivity index (χ1n) is 3.37. The molecule has 2 rings (SSSR count). The van der Waals surface area contributed by atoms with Gasteiger partial charge in [0.25, 0.3) is 0 Å². The van der Waals surface area contributed by atoms with Crippen molar-refractivity contribution in [2.24, 2.45) is 4.99 Å². The van der Waals surface area contributed by atoms with Gasteiger partial charge in [0, 0.05) is 18.3 Å². The van der Waals surface area contributed by atoms with Gasteiger partial charge < -0.3 is 0 Å². The summed E-state index contributed by atoms with van der Waals surface area (Å²) in [6, 6.07) is 0. The van der Waals surface area contributed by atoms with E-state index in [0.29, 0.717) is 0 Å². The highest BCUT2D eigenvalue weighted by Crippen LogP contribution is 2.29. The van der Waals surface area contributed by atoms with Crippen LogP contribution in [0.5, 0.6) is 0 Å². The molecular weight excluding hydrogens is 274 g/mol. The molecule has 58 valence electrons. The summed E-state index contributed by atoms with van der Waals surface area (Å²) < 4.78 is 2.10. The fourth-order valence-electron chi connectivity index (χ4n) is 1.17. The Balaban J connectivity index is 2.39. The molecule has 0 aromatic carbocycles. The molecule has 0 saturated carbocycles. The predicted octanol–water partition coefficient (Wildman–Crippen LogP) is 2.46. The minimum Gasteiger partial charge on any atom is -0.298 e. The zero-order valence-corrected chi connectivity index (χ0v) is 8.63. The van der Waals surface area contributed by atoms with Crippen molar-refractivity contribution in [2.45, 2.75) is 6.42 Å². The van der Waals surface area contributed by atoms with Crippen LogP contribution in [0.15, 0.2) is 27.9 Å². The Bertz CT molecular complexity index is 280. The summed E-state index contributed by atoms with van der Waals surface area (Å²) in [4.78, 5) is 4.19. The van der Waals surface area contributed by atoms with Gasteiger partial charge in [0.05, 0.1) is 27.9 Å². The molecule has 2 aliphatic rings. The van der Waals surface area contributed by atoms with Gasteiger partial charge in [-0.05, 0) is 6.42 Å². The highest BCUT2D eigenvalue weighted by atomic mass is 127. The molecule has 0 unspecified atom stereocenters. The Morgan fingerprint density at radius 1 is 1.64 bits per heavy atom. The summed E-state index contributed by atoms with van der Waals surface area (Å²) in [7, 11) is 0. The highest BCUT2D eigenvalue weighted by molar-refractivity contribution is 14.1. The molecule has 0 aromatic heterocycles. The van der Waals surface area contributed by atoms with Crippen LogP contribution in [0.4, 0.5) is 0 Å². The smallest absolute Gasteiger partial charge is 0.145 e. The van der Waals surface area contributed by atoms with Crippen LogP contribution in [0.2, 0.25) is 0 Å². The summed E-state index contributed by atoms with van der Waals surface area (Å²) in [5, 5.41) is 0.765. The number of aliphatic imine (C=N–C) groups is 1. The van der Waals surface area contributed by atoms with Crippen molar-refractivity contribution >= 4 is 40.3 Å². The van der Waals surface area contributed by atoms with Gasteiger partial charge in [-0.25, -0.2) is 4.99 Å². The van der Waals surface area contributed by atoms with Gasteiger partial charge in [0.1, 0.15) is 5.84 Å². The van der Waals surface area contributed by atoms with Gasteiger partial charge in [0.15, 0.2) is 0 Å². The maximum absolute atomic E-state index is 5.90. The van der Waals surface area contributed by atoms with E-state index in [4.69, 9.17) is 11.6 Å². The molecule has 0 spiro atoms. The number of nitrogens with zero attached hydrogens (tertiary/aromatic N) is 2. The molecule has 2 nitrogen and oxygen atoms in total. The second-order valence-electron chi connectivity index (χ2n) is 2.42. The summed E-state index contributed by atoms with van der Waals surface area (Å²) in [6.45, 7) is 1.03. The standard InChI is InChI=1S/C7H6ClIN2/c8-6-4-10-7-5(6)2-1-3-11(7)9/h2,4H,1,3H2. The molecule has 0 fully saturated rings. The molecule has 0 bridgehead atoms. The Hall–Kier alpha value is -0.0300. The first-order chi connectivity index (χ1) is 5.29. The van der Waals surface area contributed by atoms with E-state index >= 15 is 0 Å². The fourth-order valence-corrected chi connectivity index (χ4v) is 2.05. The van der Waals surface area contributed by atoms with Crippen LogP contribution < -0.4 is 0 Å². The third kappa shape index (κ3) is 1.20. The van der Waals surface area contributed by atoms with E-state index in [1.807, 2.05) is 0 Å². The monoisotopic (exact) mass is 280 g/mol. The summed E-state index contributed by atoms with van der Waals surface area (Å²) in [5.41, 5.74) is 1.09. The van der Waals surface area contributed by atoms with Crippen LogP contribution >= 0.6 is 34.5 Å². The van der Waals surface area contributed by atoms with E-state index < -0.39 is 0 Å². The molecule has 0 atom stereocenters. The highest BCUT2D eigenvalue weighted by Gasteiger charge is 2.23. The van der Waals surface area contributed by atoms with Crippen LogP contribution in [-0.4, -0.2) is 15.5 Å². The maximum Gasteiger partial charge on any atom is 0.145 e. The maximum atomic E-state index is 5.90. The van der Waals surface area contributed by atoms with Crippen molar-refractivity contribution in [1.29, 1.82) is 0 Å². The molecule has 2 aliphatic heterocycles. The largest absolute Gasteiger partial charge is 0.298 e. The molecule has 11 heavy (non-hydrogen) atoms. The molecule has 0 saturated heterocycles. The second-order valence-corrected chi connectivity index (χ2v) is 3.99. The topological polar surface area (TPSA) is 15.6 Å². The number of amidine groups is 1. The first kappa shape index (κ1) is 7.61. The lowest BCUT2D eigenvalue weighted by Gasteiger charge is -2.21. The van der Waals surface area contributed by atoms with Gasteiger partial charge >= 0.3 is 0 Å². The van der Waals surface area contributed by atoms with Crippen LogP contribution in [0.3, 0.4) is 0 Å². The summed E-state index contributed by atoms with van der Waals surface area (Å²) in [5.74, 6) is 1.00. The molecule has 0 radical (unpaired) electrons. The van der Waals surface area contributed by atoms with Crippen LogP contribution in [0.1, 0.15) is 6.42 Å². The number of fused-ring (bicyclic) bond motifs is 1. The van der Waals surface area contributed by atoms with Crippen molar-refractivity contribution in [2.75, 3.05) is 6.54 Å². The van der Waals surface area contributed by atoms with E-state index in [0.717, 1.165) is 29.4 Å². The number of hydrogen-bond donors (Lipinski definition) is 0. The van der Waals surface area contributed by atoms with Crippen molar-refractivity contribution in [3.63, 3.8) is 0 Å². The number of halogens is 2. The van der Waals surface area contributed by atoms with Crippen LogP contribution in [0, 0.1) is 0 Å². The summed E-state index contributed by atoms with van der Waals surface area (Å²) >= 11 is 8.15. The van der Waals surface area contributed by atoms with Gasteiger partial charge in [0.2, 0.25) is 0 Å². The van der Waals surface area contributed by atoms with Crippen molar-refractivity contribution in [1.82, 2.24) is 3.11 Å². The molecule has 0 amide bonds. The zero-order valence-electron chi connectivity index (χ0n) is 5.72. The normalized spacial score (nSPS) is 22.4.